The van der Waals surface area contributed by atoms with Crippen molar-refractivity contribution >= 4 is 0 Å². The summed E-state index contributed by atoms with van der Waals surface area (Å²) in [4.78, 5) is 4.51. The molecule has 140 valence electrons. The molecule has 1 aliphatic heterocycles. The van der Waals surface area contributed by atoms with Crippen LogP contribution in [0.3, 0.4) is 0 Å². The highest BCUT2D eigenvalue weighted by atomic mass is 16.7. The van der Waals surface area contributed by atoms with Crippen LogP contribution in [0.15, 0.2) is 4.52 Å². The van der Waals surface area contributed by atoms with Crippen molar-refractivity contribution < 1.29 is 14.0 Å². The molecule has 3 fully saturated rings. The van der Waals surface area contributed by atoms with E-state index in [9.17, 15) is 0 Å². The quantitative estimate of drug-likeness (QED) is 0.880. The van der Waals surface area contributed by atoms with Crippen LogP contribution in [0, 0.1) is 5.92 Å². The Morgan fingerprint density at radius 1 is 1.04 bits per heavy atom. The van der Waals surface area contributed by atoms with Crippen LogP contribution in [0.4, 0.5) is 0 Å². The molecule has 25 heavy (non-hydrogen) atoms. The molecule has 4 rings (SSSR count). The van der Waals surface area contributed by atoms with Crippen molar-refractivity contribution in [1.82, 2.24) is 15.5 Å². The van der Waals surface area contributed by atoms with E-state index >= 15 is 0 Å². The molecule has 1 aromatic heterocycles. The van der Waals surface area contributed by atoms with Gasteiger partial charge < -0.3 is 19.3 Å². The molecule has 2 heterocycles. The zero-order valence-electron chi connectivity index (χ0n) is 15.3. The van der Waals surface area contributed by atoms with E-state index in [1.807, 2.05) is 0 Å². The van der Waals surface area contributed by atoms with Gasteiger partial charge in [-0.05, 0) is 51.0 Å². The Morgan fingerprint density at radius 2 is 1.76 bits per heavy atom. The van der Waals surface area contributed by atoms with Crippen molar-refractivity contribution in [2.75, 3.05) is 19.8 Å². The highest BCUT2D eigenvalue weighted by Crippen LogP contribution is 2.38. The van der Waals surface area contributed by atoms with Gasteiger partial charge in [-0.1, -0.05) is 12.1 Å². The van der Waals surface area contributed by atoms with Crippen LogP contribution in [-0.4, -0.2) is 41.7 Å². The average Bonchev–Trinajstić information content (AvgIpc) is 3.32. The van der Waals surface area contributed by atoms with Gasteiger partial charge in [-0.3, -0.25) is 0 Å². The summed E-state index contributed by atoms with van der Waals surface area (Å²) in [5.74, 6) is 2.68. The third-order valence-electron chi connectivity index (χ3n) is 6.25. The fourth-order valence-electron chi connectivity index (χ4n) is 4.56. The van der Waals surface area contributed by atoms with Gasteiger partial charge >= 0.3 is 0 Å². The van der Waals surface area contributed by atoms with Crippen LogP contribution in [0.1, 0.15) is 75.9 Å². The van der Waals surface area contributed by atoms with Crippen molar-refractivity contribution in [2.45, 2.75) is 82.5 Å². The Bertz CT molecular complexity index is 538. The van der Waals surface area contributed by atoms with Gasteiger partial charge in [-0.2, -0.15) is 4.98 Å². The third-order valence-corrected chi connectivity index (χ3v) is 6.25. The van der Waals surface area contributed by atoms with E-state index in [1.54, 1.807) is 0 Å². The van der Waals surface area contributed by atoms with Crippen molar-refractivity contribution in [3.05, 3.63) is 11.7 Å². The van der Waals surface area contributed by atoms with Crippen LogP contribution >= 0.6 is 0 Å². The van der Waals surface area contributed by atoms with Crippen LogP contribution in [-0.2, 0) is 15.9 Å². The molecule has 1 N–H and O–H groups in total. The maximum absolute atomic E-state index is 5.83. The maximum Gasteiger partial charge on any atom is 0.229 e. The van der Waals surface area contributed by atoms with Gasteiger partial charge in [-0.25, -0.2) is 0 Å². The van der Waals surface area contributed by atoms with E-state index in [0.717, 1.165) is 69.5 Å². The molecule has 1 aromatic rings. The summed E-state index contributed by atoms with van der Waals surface area (Å²) in [5.41, 5.74) is 0. The van der Waals surface area contributed by atoms with Crippen molar-refractivity contribution in [1.29, 1.82) is 0 Å². The molecule has 0 radical (unpaired) electrons. The number of aromatic nitrogens is 2. The molecular formula is C19H31N3O3. The Balaban J connectivity index is 1.17. The first kappa shape index (κ1) is 17.4. The lowest BCUT2D eigenvalue weighted by Gasteiger charge is -2.36. The molecule has 6 nitrogen and oxygen atoms in total. The van der Waals surface area contributed by atoms with Crippen LogP contribution in [0.5, 0.6) is 0 Å². The Morgan fingerprint density at radius 3 is 2.40 bits per heavy atom. The molecule has 1 saturated heterocycles. The molecule has 2 saturated carbocycles. The van der Waals surface area contributed by atoms with Crippen molar-refractivity contribution in [3.63, 3.8) is 0 Å². The second-order valence-electron chi connectivity index (χ2n) is 7.91. The second kappa shape index (κ2) is 7.72. The standard InChI is InChI=1S/C19H31N3O3/c1-2-17-21-18(25-22-17)15-3-5-16(6-4-15)20-13-14-7-9-19(10-8-14)23-11-12-24-19/h14-16,20H,2-13H2,1H3. The first-order valence-electron chi connectivity index (χ1n) is 10.1. The Kier molecular flexibility index (Phi) is 5.39. The lowest BCUT2D eigenvalue weighted by molar-refractivity contribution is -0.182. The van der Waals surface area contributed by atoms with Crippen LogP contribution in [0.25, 0.3) is 0 Å². The van der Waals surface area contributed by atoms with Gasteiger partial charge in [0.25, 0.3) is 0 Å². The minimum absolute atomic E-state index is 0.226. The van der Waals surface area contributed by atoms with Gasteiger partial charge in [0.2, 0.25) is 5.89 Å². The highest BCUT2D eigenvalue weighted by molar-refractivity contribution is 4.97. The summed E-state index contributed by atoms with van der Waals surface area (Å²) in [6, 6.07) is 0.639. The number of nitrogens with one attached hydrogen (secondary N) is 1. The van der Waals surface area contributed by atoms with E-state index in [1.165, 1.54) is 25.7 Å². The summed E-state index contributed by atoms with van der Waals surface area (Å²) in [7, 11) is 0. The topological polar surface area (TPSA) is 69.4 Å². The monoisotopic (exact) mass is 349 g/mol. The number of hydrogen-bond acceptors (Lipinski definition) is 6. The molecule has 3 aliphatic rings. The lowest BCUT2D eigenvalue weighted by Crippen LogP contribution is -2.40. The van der Waals surface area contributed by atoms with E-state index in [0.29, 0.717) is 12.0 Å². The van der Waals surface area contributed by atoms with Crippen LogP contribution in [0.2, 0.25) is 0 Å². The summed E-state index contributed by atoms with van der Waals surface area (Å²) < 4.78 is 17.1. The molecule has 0 atom stereocenters. The molecule has 2 aliphatic carbocycles. The Labute approximate surface area is 150 Å². The lowest BCUT2D eigenvalue weighted by atomic mass is 9.83. The Hall–Kier alpha value is -0.980. The summed E-state index contributed by atoms with van der Waals surface area (Å²) in [5, 5.41) is 7.84. The fourth-order valence-corrected chi connectivity index (χ4v) is 4.56. The predicted octanol–water partition coefficient (Wildman–Crippen LogP) is 3.18. The fraction of sp³-hybridized carbons (Fsp3) is 0.895. The number of rotatable bonds is 5. The summed E-state index contributed by atoms with van der Waals surface area (Å²) >= 11 is 0. The SMILES string of the molecule is CCc1noc(C2CCC(NCC3CCC4(CC3)OCCO4)CC2)n1. The number of nitrogens with zero attached hydrogens (tertiary/aromatic N) is 2. The maximum atomic E-state index is 5.83. The molecule has 0 amide bonds. The van der Waals surface area contributed by atoms with Crippen molar-refractivity contribution in [2.24, 2.45) is 5.92 Å². The molecular weight excluding hydrogens is 318 g/mol. The number of hydrogen-bond donors (Lipinski definition) is 1. The van der Waals surface area contributed by atoms with E-state index in [4.69, 9.17) is 14.0 Å². The smallest absolute Gasteiger partial charge is 0.229 e. The van der Waals surface area contributed by atoms with Gasteiger partial charge in [-0.15, -0.1) is 0 Å². The zero-order chi connectivity index (χ0) is 17.1. The first-order valence-corrected chi connectivity index (χ1v) is 10.1. The van der Waals surface area contributed by atoms with Gasteiger partial charge in [0.05, 0.1) is 13.2 Å². The van der Waals surface area contributed by atoms with Crippen LogP contribution < -0.4 is 5.32 Å². The van der Waals surface area contributed by atoms with Gasteiger partial charge in [0.1, 0.15) is 0 Å². The second-order valence-corrected chi connectivity index (χ2v) is 7.91. The summed E-state index contributed by atoms with van der Waals surface area (Å²) in [6.07, 6.45) is 10.1. The zero-order valence-corrected chi connectivity index (χ0v) is 15.3. The molecule has 0 unspecified atom stereocenters. The van der Waals surface area contributed by atoms with Gasteiger partial charge in [0.15, 0.2) is 11.6 Å². The third kappa shape index (κ3) is 4.07. The van der Waals surface area contributed by atoms with E-state index in [2.05, 4.69) is 22.4 Å². The first-order chi connectivity index (χ1) is 12.3. The normalized spacial score (nSPS) is 30.1. The molecule has 6 heteroatoms. The number of aryl methyl sites for hydroxylation is 1. The average molecular weight is 349 g/mol. The number of ether oxygens (including phenoxy) is 2. The van der Waals surface area contributed by atoms with Crippen molar-refractivity contribution in [3.8, 4) is 0 Å². The minimum atomic E-state index is -0.226. The molecule has 0 aromatic carbocycles. The minimum Gasteiger partial charge on any atom is -0.348 e. The molecule has 0 bridgehead atoms. The summed E-state index contributed by atoms with van der Waals surface area (Å²) in [6.45, 7) is 4.73. The molecule has 1 spiro atoms. The van der Waals surface area contributed by atoms with E-state index in [-0.39, 0.29) is 5.79 Å². The largest absolute Gasteiger partial charge is 0.348 e. The van der Waals surface area contributed by atoms with E-state index < -0.39 is 0 Å². The highest BCUT2D eigenvalue weighted by Gasteiger charge is 2.40. The van der Waals surface area contributed by atoms with Gasteiger partial charge in [0, 0.05) is 31.2 Å². The predicted molar refractivity (Wildman–Crippen MR) is 93.3 cm³/mol.